The number of para-hydroxylation sites is 1. The molecule has 3 atom stereocenters. The molecule has 0 radical (unpaired) electrons. The van der Waals surface area contributed by atoms with Gasteiger partial charge in [-0.2, -0.15) is 4.98 Å². The zero-order valence-electron chi connectivity index (χ0n) is 19.9. The number of hydrogen-bond donors (Lipinski definition) is 3. The summed E-state index contributed by atoms with van der Waals surface area (Å²) in [4.78, 5) is 17.9. The number of rotatable bonds is 8. The van der Waals surface area contributed by atoms with Gasteiger partial charge in [0.1, 0.15) is 17.4 Å². The van der Waals surface area contributed by atoms with E-state index in [1.807, 2.05) is 12.1 Å². The zero-order chi connectivity index (χ0) is 24.4. The third-order valence-electron chi connectivity index (χ3n) is 7.49. The Bertz CT molecular complexity index is 1190. The Kier molecular flexibility index (Phi) is 7.14. The molecule has 0 bridgehead atoms. The molecule has 3 aromatic rings. The first-order valence-electron chi connectivity index (χ1n) is 12.6. The molecule has 0 spiro atoms. The van der Waals surface area contributed by atoms with Crippen molar-refractivity contribution in [2.45, 2.75) is 57.4 Å². The fourth-order valence-electron chi connectivity index (χ4n) is 5.48. The maximum absolute atomic E-state index is 13.8. The Labute approximate surface area is 210 Å². The van der Waals surface area contributed by atoms with E-state index in [0.29, 0.717) is 34.6 Å². The summed E-state index contributed by atoms with van der Waals surface area (Å²) in [5, 5.41) is 10.2. The first kappa shape index (κ1) is 23.9. The molecule has 1 aromatic heterocycles. The molecule has 1 aliphatic carbocycles. The maximum atomic E-state index is 13.8. The predicted octanol–water partition coefficient (Wildman–Crippen LogP) is 6.33. The summed E-state index contributed by atoms with van der Waals surface area (Å²) in [5.74, 6) is 0.481. The molecular formula is C27H32ClFN4O2. The molecule has 2 heterocycles. The number of nitrogens with zero attached hydrogens (tertiary/aromatic N) is 1. The molecule has 1 aliphatic heterocycles. The van der Waals surface area contributed by atoms with Gasteiger partial charge in [-0.1, -0.05) is 56.7 Å². The van der Waals surface area contributed by atoms with Crippen LogP contribution in [0.2, 0.25) is 5.02 Å². The lowest BCUT2D eigenvalue weighted by Gasteiger charge is -2.27. The van der Waals surface area contributed by atoms with Crippen LogP contribution in [0.4, 0.5) is 16.1 Å². The Morgan fingerprint density at radius 1 is 1.26 bits per heavy atom. The third kappa shape index (κ3) is 5.40. The van der Waals surface area contributed by atoms with Gasteiger partial charge in [0.15, 0.2) is 5.58 Å². The summed E-state index contributed by atoms with van der Waals surface area (Å²) in [6.07, 6.45) is 6.68. The molecular weight excluding hydrogens is 467 g/mol. The van der Waals surface area contributed by atoms with Crippen molar-refractivity contribution in [1.82, 2.24) is 10.3 Å². The Morgan fingerprint density at radius 2 is 2.09 bits per heavy atom. The molecule has 1 fully saturated rings. The van der Waals surface area contributed by atoms with Gasteiger partial charge < -0.3 is 20.4 Å². The van der Waals surface area contributed by atoms with Crippen LogP contribution in [0, 0.1) is 17.7 Å². The van der Waals surface area contributed by atoms with E-state index in [9.17, 15) is 9.18 Å². The van der Waals surface area contributed by atoms with Gasteiger partial charge >= 0.3 is 0 Å². The van der Waals surface area contributed by atoms with Crippen molar-refractivity contribution in [3.8, 4) is 0 Å². The minimum atomic E-state index is -0.455. The van der Waals surface area contributed by atoms with Crippen LogP contribution in [0.3, 0.4) is 0 Å². The molecule has 8 heteroatoms. The molecule has 3 N–H and O–H groups in total. The number of nitrogens with one attached hydrogen (secondary N) is 3. The molecule has 1 saturated carbocycles. The number of aromatic nitrogens is 1. The van der Waals surface area contributed by atoms with Gasteiger partial charge in [-0.3, -0.25) is 4.79 Å². The second-order valence-electron chi connectivity index (χ2n) is 9.99. The van der Waals surface area contributed by atoms with Gasteiger partial charge in [-0.25, -0.2) is 4.39 Å². The van der Waals surface area contributed by atoms with E-state index in [-0.39, 0.29) is 23.6 Å². The normalized spacial score (nSPS) is 19.7. The molecule has 5 rings (SSSR count). The Morgan fingerprint density at radius 3 is 2.89 bits per heavy atom. The standard InChI is InChI=1S/C27H32ClFN4O2/c1-16(20-15-30-22-11-10-18(29)13-19(20)22)14-31-26(34)24(12-17-6-3-2-4-7-17)33-27-32-23-9-5-8-21(28)25(23)35-27/h5,8-11,13,16-17,20,24,30H,2-4,6-7,12,14-15H2,1H3,(H,31,34)(H,32,33)/t16?,20?,24-/m0/s1. The second-order valence-corrected chi connectivity index (χ2v) is 10.4. The van der Waals surface area contributed by atoms with Crippen molar-refractivity contribution in [3.63, 3.8) is 0 Å². The number of carbonyl (C=O) groups excluding carboxylic acids is 1. The molecule has 2 aromatic carbocycles. The summed E-state index contributed by atoms with van der Waals surface area (Å²) in [5.41, 5.74) is 3.12. The second kappa shape index (κ2) is 10.4. The van der Waals surface area contributed by atoms with Crippen molar-refractivity contribution in [1.29, 1.82) is 0 Å². The lowest BCUT2D eigenvalue weighted by Crippen LogP contribution is -2.43. The van der Waals surface area contributed by atoms with Crippen LogP contribution in [0.25, 0.3) is 11.1 Å². The maximum Gasteiger partial charge on any atom is 0.296 e. The summed E-state index contributed by atoms with van der Waals surface area (Å²) < 4.78 is 19.7. The van der Waals surface area contributed by atoms with Crippen LogP contribution in [-0.2, 0) is 4.79 Å². The van der Waals surface area contributed by atoms with Crippen LogP contribution in [0.5, 0.6) is 0 Å². The van der Waals surface area contributed by atoms with Gasteiger partial charge in [-0.15, -0.1) is 0 Å². The Balaban J connectivity index is 1.27. The number of fused-ring (bicyclic) bond motifs is 2. The summed E-state index contributed by atoms with van der Waals surface area (Å²) >= 11 is 6.25. The van der Waals surface area contributed by atoms with E-state index >= 15 is 0 Å². The molecule has 2 unspecified atom stereocenters. The van der Waals surface area contributed by atoms with Crippen LogP contribution in [-0.4, -0.2) is 30.0 Å². The monoisotopic (exact) mass is 498 g/mol. The largest absolute Gasteiger partial charge is 0.422 e. The predicted molar refractivity (Wildman–Crippen MR) is 137 cm³/mol. The van der Waals surface area contributed by atoms with E-state index in [4.69, 9.17) is 16.0 Å². The van der Waals surface area contributed by atoms with E-state index in [1.165, 1.54) is 25.3 Å². The number of halogens is 2. The number of amides is 1. The first-order chi connectivity index (χ1) is 17.0. The molecule has 6 nitrogen and oxygen atoms in total. The van der Waals surface area contributed by atoms with Crippen molar-refractivity contribution in [2.75, 3.05) is 23.7 Å². The first-order valence-corrected chi connectivity index (χ1v) is 13.0. The van der Waals surface area contributed by atoms with Crippen LogP contribution in [0.1, 0.15) is 56.9 Å². The van der Waals surface area contributed by atoms with E-state index in [2.05, 4.69) is 27.9 Å². The van der Waals surface area contributed by atoms with Gasteiger partial charge in [0.05, 0.1) is 5.02 Å². The SMILES string of the molecule is CC(CNC(=O)[C@H](CC1CCCCC1)Nc1nc2cccc(Cl)c2o1)C1CNc2ccc(F)cc21. The summed E-state index contributed by atoms with van der Waals surface area (Å²) in [7, 11) is 0. The quantitative estimate of drug-likeness (QED) is 0.338. The lowest BCUT2D eigenvalue weighted by molar-refractivity contribution is -0.122. The minimum Gasteiger partial charge on any atom is -0.422 e. The van der Waals surface area contributed by atoms with Crippen molar-refractivity contribution in [3.05, 3.63) is 52.8 Å². The fraction of sp³-hybridized carbons (Fsp3) is 0.481. The number of hydrogen-bond acceptors (Lipinski definition) is 5. The number of oxazole rings is 1. The summed E-state index contributed by atoms with van der Waals surface area (Å²) in [6, 6.07) is 10.1. The highest BCUT2D eigenvalue weighted by Gasteiger charge is 2.30. The average molecular weight is 499 g/mol. The van der Waals surface area contributed by atoms with Crippen LogP contribution in [0.15, 0.2) is 40.8 Å². The molecule has 2 aliphatic rings. The zero-order valence-corrected chi connectivity index (χ0v) is 20.7. The van der Waals surface area contributed by atoms with Gasteiger partial charge in [0.25, 0.3) is 6.01 Å². The fourth-order valence-corrected chi connectivity index (χ4v) is 5.69. The number of carbonyl (C=O) groups is 1. The topological polar surface area (TPSA) is 79.2 Å². The molecule has 186 valence electrons. The third-order valence-corrected chi connectivity index (χ3v) is 7.78. The lowest BCUT2D eigenvalue weighted by atomic mass is 9.84. The van der Waals surface area contributed by atoms with E-state index in [0.717, 1.165) is 37.1 Å². The highest BCUT2D eigenvalue weighted by Crippen LogP contribution is 2.36. The molecule has 0 saturated heterocycles. The average Bonchev–Trinajstić information content (AvgIpc) is 3.47. The van der Waals surface area contributed by atoms with Crippen LogP contribution < -0.4 is 16.0 Å². The van der Waals surface area contributed by atoms with E-state index < -0.39 is 6.04 Å². The molecule has 1 amide bonds. The van der Waals surface area contributed by atoms with Gasteiger partial charge in [0, 0.05) is 24.7 Å². The van der Waals surface area contributed by atoms with E-state index in [1.54, 1.807) is 18.2 Å². The number of anilines is 2. The van der Waals surface area contributed by atoms with Crippen molar-refractivity contribution in [2.24, 2.45) is 11.8 Å². The summed E-state index contributed by atoms with van der Waals surface area (Å²) in [6.45, 7) is 3.34. The van der Waals surface area contributed by atoms with Gasteiger partial charge in [0.2, 0.25) is 5.91 Å². The van der Waals surface area contributed by atoms with Crippen LogP contribution >= 0.6 is 11.6 Å². The van der Waals surface area contributed by atoms with Crippen molar-refractivity contribution < 1.29 is 13.6 Å². The minimum absolute atomic E-state index is 0.0683. The highest BCUT2D eigenvalue weighted by atomic mass is 35.5. The van der Waals surface area contributed by atoms with Gasteiger partial charge in [-0.05, 0) is 54.2 Å². The Hall–Kier alpha value is -2.80. The molecule has 35 heavy (non-hydrogen) atoms. The van der Waals surface area contributed by atoms with Crippen molar-refractivity contribution >= 4 is 40.3 Å². The smallest absolute Gasteiger partial charge is 0.296 e. The highest BCUT2D eigenvalue weighted by molar-refractivity contribution is 6.34. The number of benzene rings is 2.